The average Bonchev–Trinajstić information content (AvgIpc) is 3.90. The van der Waals surface area contributed by atoms with Crippen LogP contribution in [0, 0.1) is 0 Å². The van der Waals surface area contributed by atoms with E-state index in [1.165, 1.54) is 0 Å². The van der Waals surface area contributed by atoms with Gasteiger partial charge in [-0.3, -0.25) is 19.6 Å². The number of aryl methyl sites for hydroxylation is 1. The zero-order valence-electron chi connectivity index (χ0n) is 33.4. The molecule has 16 nitrogen and oxygen atoms in total. The van der Waals surface area contributed by atoms with E-state index in [1.807, 2.05) is 24.5 Å². The van der Waals surface area contributed by atoms with Gasteiger partial charge in [0.05, 0.1) is 36.2 Å². The number of nitrogens with zero attached hydrogens (tertiary/aromatic N) is 10. The molecule has 0 spiro atoms. The zero-order chi connectivity index (χ0) is 40.7. The lowest BCUT2D eigenvalue weighted by Crippen LogP contribution is -2.42. The summed E-state index contributed by atoms with van der Waals surface area (Å²) in [7, 11) is 0. The van der Waals surface area contributed by atoms with Crippen molar-refractivity contribution in [3.8, 4) is 0 Å². The van der Waals surface area contributed by atoms with Crippen molar-refractivity contribution in [1.82, 2.24) is 39.2 Å². The van der Waals surface area contributed by atoms with Crippen LogP contribution in [0.4, 0.5) is 23.3 Å². The first-order chi connectivity index (χ1) is 28.9. The molecule has 0 bridgehead atoms. The maximum absolute atomic E-state index is 12.8. The van der Waals surface area contributed by atoms with Crippen molar-refractivity contribution in [2.45, 2.75) is 95.6 Å². The fourth-order valence-electron chi connectivity index (χ4n) is 8.18. The van der Waals surface area contributed by atoms with Gasteiger partial charge in [-0.1, -0.05) is 13.3 Å². The van der Waals surface area contributed by atoms with Crippen LogP contribution in [0.1, 0.15) is 109 Å². The Labute approximate surface area is 342 Å². The molecule has 6 aromatic heterocycles. The van der Waals surface area contributed by atoms with Gasteiger partial charge in [-0.2, -0.15) is 19.2 Å². The normalized spacial score (nSPS) is 18.1. The third-order valence-corrected chi connectivity index (χ3v) is 11.4. The molecule has 8 heterocycles. The van der Waals surface area contributed by atoms with Crippen molar-refractivity contribution in [2.24, 2.45) is 0 Å². The number of aliphatic hydroxyl groups excluding tert-OH is 2. The van der Waals surface area contributed by atoms with Crippen molar-refractivity contribution < 1.29 is 19.8 Å². The van der Waals surface area contributed by atoms with Gasteiger partial charge in [-0.25, -0.2) is 9.97 Å². The summed E-state index contributed by atoms with van der Waals surface area (Å²) in [6.07, 6.45) is 21.3. The first kappa shape index (κ1) is 39.8. The van der Waals surface area contributed by atoms with Crippen LogP contribution in [-0.4, -0.2) is 99.6 Å². The van der Waals surface area contributed by atoms with Gasteiger partial charge < -0.3 is 30.6 Å². The van der Waals surface area contributed by atoms with Crippen molar-refractivity contribution in [3.05, 3.63) is 95.8 Å². The molecule has 0 aromatic carbocycles. The predicted octanol–water partition coefficient (Wildman–Crippen LogP) is 5.68. The number of aliphatic hydroxyl groups is 2. The van der Waals surface area contributed by atoms with Gasteiger partial charge in [-0.15, -0.1) is 0 Å². The minimum Gasteiger partial charge on any atom is -0.396 e. The molecule has 308 valence electrons. The molecule has 2 atom stereocenters. The Hall–Kier alpha value is -6.00. The number of aromatic nitrogens is 8. The van der Waals surface area contributed by atoms with Crippen LogP contribution in [0.3, 0.4) is 0 Å². The lowest BCUT2D eigenvalue weighted by molar-refractivity contribution is 0.101. The number of nitrogens with one attached hydrogen (secondary N) is 2. The Balaban J connectivity index is 0.000000164. The Morgan fingerprint density at radius 1 is 0.729 bits per heavy atom. The van der Waals surface area contributed by atoms with Gasteiger partial charge in [0.15, 0.2) is 11.3 Å². The Morgan fingerprint density at radius 2 is 1.31 bits per heavy atom. The average molecular weight is 801 g/mol. The molecular weight excluding hydrogens is 749 g/mol. The third kappa shape index (κ3) is 8.88. The summed E-state index contributed by atoms with van der Waals surface area (Å²) >= 11 is 0. The molecule has 16 heteroatoms. The second kappa shape index (κ2) is 18.3. The fraction of sp³-hybridized carbons (Fsp3) is 0.442. The van der Waals surface area contributed by atoms with Gasteiger partial charge in [0.2, 0.25) is 0 Å². The number of pyridine rings is 2. The van der Waals surface area contributed by atoms with Crippen LogP contribution in [0.25, 0.3) is 11.3 Å². The van der Waals surface area contributed by atoms with Crippen LogP contribution in [0.5, 0.6) is 0 Å². The molecule has 2 unspecified atom stereocenters. The van der Waals surface area contributed by atoms with E-state index in [9.17, 15) is 19.8 Å². The molecule has 3 fully saturated rings. The number of hydrogen-bond donors (Lipinski definition) is 4. The second-order valence-corrected chi connectivity index (χ2v) is 15.5. The van der Waals surface area contributed by atoms with E-state index in [-0.39, 0.29) is 37.1 Å². The van der Waals surface area contributed by atoms with Crippen LogP contribution >= 0.6 is 0 Å². The van der Waals surface area contributed by atoms with Crippen molar-refractivity contribution in [2.75, 3.05) is 46.7 Å². The van der Waals surface area contributed by atoms with Gasteiger partial charge in [0.25, 0.3) is 11.8 Å². The van der Waals surface area contributed by atoms with Crippen molar-refractivity contribution in [1.29, 1.82) is 0 Å². The summed E-state index contributed by atoms with van der Waals surface area (Å²) in [5.41, 5.74) is 4.71. The molecule has 0 radical (unpaired) electrons. The van der Waals surface area contributed by atoms with Gasteiger partial charge in [0.1, 0.15) is 23.3 Å². The summed E-state index contributed by atoms with van der Waals surface area (Å²) in [5.74, 6) is 2.77. The standard InChI is InChI=1S/C22H28N6O2.C21H24N6O2/c1-2-6-16-15-24-28-20(26-22(30)17-7-5-10-23-14-17)13-19(25-21(16)28)27-11-4-3-8-18(27)9-12-29;28-13-16-5-1-2-9-26(16)18-10-19(25-21(29)15-4-3-8-22-11-15)27-20(24-18)17(12-23-27)14-6-7-14/h5,7,10,13-15,18,29H,2-4,6,8-9,11-12H2,1H3,(H,26,30);3-4,8,10-12,14,16,28H,1-2,5-7,9,13H2,(H,25,29). The maximum Gasteiger partial charge on any atom is 0.258 e. The van der Waals surface area contributed by atoms with Crippen LogP contribution in [-0.2, 0) is 6.42 Å². The quantitative estimate of drug-likeness (QED) is 0.119. The van der Waals surface area contributed by atoms with Gasteiger partial charge >= 0.3 is 0 Å². The first-order valence-corrected chi connectivity index (χ1v) is 20.9. The molecule has 59 heavy (non-hydrogen) atoms. The van der Waals surface area contributed by atoms with Crippen LogP contribution in [0.2, 0.25) is 0 Å². The molecule has 6 aromatic rings. The highest BCUT2D eigenvalue weighted by Crippen LogP contribution is 2.42. The molecule has 4 N–H and O–H groups in total. The van der Waals surface area contributed by atoms with E-state index in [0.29, 0.717) is 35.1 Å². The van der Waals surface area contributed by atoms with Gasteiger partial charge in [-0.05, 0) is 94.4 Å². The number of anilines is 4. The Bertz CT molecular complexity index is 2360. The predicted molar refractivity (Wildman–Crippen MR) is 225 cm³/mol. The van der Waals surface area contributed by atoms with E-state index in [2.05, 4.69) is 47.5 Å². The molecule has 1 saturated carbocycles. The van der Waals surface area contributed by atoms with E-state index in [0.717, 1.165) is 111 Å². The summed E-state index contributed by atoms with van der Waals surface area (Å²) in [5, 5.41) is 34.3. The van der Waals surface area contributed by atoms with Gasteiger partial charge in [0, 0.05) is 73.8 Å². The Morgan fingerprint density at radius 3 is 1.86 bits per heavy atom. The number of amides is 2. The molecule has 2 aliphatic heterocycles. The number of carbonyl (C=O) groups is 2. The maximum atomic E-state index is 12.8. The van der Waals surface area contributed by atoms with Crippen LogP contribution in [0.15, 0.2) is 73.6 Å². The highest BCUT2D eigenvalue weighted by molar-refractivity contribution is 6.04. The minimum atomic E-state index is -0.239. The second-order valence-electron chi connectivity index (χ2n) is 15.5. The number of piperidine rings is 2. The SMILES string of the molecule is CCCc1cnn2c(NC(=O)c3cccnc3)cc(N3CCCCC3CCO)nc12.O=C(Nc1cc(N2CCCCC2CO)nc2c(C3CC3)cnn12)c1cccnc1. The third-order valence-electron chi connectivity index (χ3n) is 11.4. The highest BCUT2D eigenvalue weighted by atomic mass is 16.3. The number of rotatable bonds is 12. The molecular formula is C43H52N12O4. The smallest absolute Gasteiger partial charge is 0.258 e. The van der Waals surface area contributed by atoms with E-state index in [4.69, 9.17) is 9.97 Å². The fourth-order valence-corrected chi connectivity index (χ4v) is 8.18. The van der Waals surface area contributed by atoms with E-state index >= 15 is 0 Å². The summed E-state index contributed by atoms with van der Waals surface area (Å²) < 4.78 is 3.41. The van der Waals surface area contributed by atoms with Crippen LogP contribution < -0.4 is 20.4 Å². The Kier molecular flexibility index (Phi) is 12.3. The number of fused-ring (bicyclic) bond motifs is 2. The zero-order valence-corrected chi connectivity index (χ0v) is 33.4. The molecule has 1 aliphatic carbocycles. The molecule has 2 amide bonds. The minimum absolute atomic E-state index is 0.0490. The first-order valence-electron chi connectivity index (χ1n) is 20.9. The van der Waals surface area contributed by atoms with E-state index < -0.39 is 0 Å². The summed E-state index contributed by atoms with van der Waals surface area (Å²) in [6, 6.07) is 11.0. The number of hydrogen-bond acceptors (Lipinski definition) is 12. The molecule has 9 rings (SSSR count). The molecule has 3 aliphatic rings. The topological polar surface area (TPSA) is 191 Å². The number of carbonyl (C=O) groups excluding carboxylic acids is 2. The van der Waals surface area contributed by atoms with Crippen molar-refractivity contribution in [3.63, 3.8) is 0 Å². The van der Waals surface area contributed by atoms with E-state index in [1.54, 1.807) is 58.1 Å². The highest BCUT2D eigenvalue weighted by Gasteiger charge is 2.31. The monoisotopic (exact) mass is 800 g/mol. The molecule has 2 saturated heterocycles. The van der Waals surface area contributed by atoms with Crippen molar-refractivity contribution >= 4 is 46.4 Å². The summed E-state index contributed by atoms with van der Waals surface area (Å²) in [4.78, 5) is 47.9. The lowest BCUT2D eigenvalue weighted by Gasteiger charge is -2.36. The largest absolute Gasteiger partial charge is 0.396 e. The summed E-state index contributed by atoms with van der Waals surface area (Å²) in [6.45, 7) is 4.11. The lowest BCUT2D eigenvalue weighted by atomic mass is 9.99.